The molecule has 7 heteroatoms. The van der Waals surface area contributed by atoms with Crippen LogP contribution in [0.5, 0.6) is 0 Å². The van der Waals surface area contributed by atoms with Crippen LogP contribution in [0.25, 0.3) is 0 Å². The van der Waals surface area contributed by atoms with Crippen molar-refractivity contribution in [1.29, 1.82) is 0 Å². The molecule has 0 aromatic heterocycles. The van der Waals surface area contributed by atoms with E-state index in [4.69, 9.17) is 19.2 Å². The molecule has 6 fully saturated rings. The first-order valence-corrected chi connectivity index (χ1v) is 12.6. The molecular formula is C24H40N2O5. The van der Waals surface area contributed by atoms with Gasteiger partial charge in [0.1, 0.15) is 0 Å². The molecule has 176 valence electrons. The smallest absolute Gasteiger partial charge is 0.234 e. The van der Waals surface area contributed by atoms with E-state index < -0.39 is 5.79 Å². The molecule has 1 heterocycles. The van der Waals surface area contributed by atoms with Crippen LogP contribution in [0, 0.1) is 29.6 Å². The van der Waals surface area contributed by atoms with Gasteiger partial charge in [-0.2, -0.15) is 0 Å². The van der Waals surface area contributed by atoms with E-state index in [1.54, 1.807) is 0 Å². The molecule has 1 saturated heterocycles. The van der Waals surface area contributed by atoms with Crippen molar-refractivity contribution in [3.63, 3.8) is 0 Å². The van der Waals surface area contributed by atoms with E-state index in [1.807, 2.05) is 7.11 Å². The van der Waals surface area contributed by atoms with Crippen molar-refractivity contribution in [2.45, 2.75) is 69.7 Å². The Bertz CT molecular complexity index is 587. The fraction of sp³-hybridized carbons (Fsp3) is 0.958. The Morgan fingerprint density at radius 1 is 1.00 bits per heavy atom. The van der Waals surface area contributed by atoms with Gasteiger partial charge < -0.3 is 14.8 Å². The van der Waals surface area contributed by atoms with Crippen molar-refractivity contribution in [1.82, 2.24) is 10.2 Å². The number of hydrogen-bond acceptors (Lipinski definition) is 6. The van der Waals surface area contributed by atoms with Gasteiger partial charge in [0.15, 0.2) is 0 Å². The summed E-state index contributed by atoms with van der Waals surface area (Å²) in [6, 6.07) is 0. The van der Waals surface area contributed by atoms with Gasteiger partial charge in [0, 0.05) is 38.6 Å². The van der Waals surface area contributed by atoms with Crippen LogP contribution in [0.4, 0.5) is 0 Å². The summed E-state index contributed by atoms with van der Waals surface area (Å²) in [5.74, 6) is 2.89. The van der Waals surface area contributed by atoms with Crippen LogP contribution in [0.2, 0.25) is 0 Å². The van der Waals surface area contributed by atoms with E-state index in [0.717, 1.165) is 70.4 Å². The van der Waals surface area contributed by atoms with Crippen LogP contribution >= 0.6 is 0 Å². The SMILES string of the molecule is COC1(OOC2CCC(CNC(=O)CN3CCOCC3)CC2)C2CC3CC(C2)CC1C3. The number of ether oxygens (including phenoxy) is 2. The second-order valence-corrected chi connectivity index (χ2v) is 10.7. The van der Waals surface area contributed by atoms with E-state index in [2.05, 4.69) is 10.2 Å². The van der Waals surface area contributed by atoms with Crippen molar-refractivity contribution in [2.75, 3.05) is 46.5 Å². The Morgan fingerprint density at radius 2 is 1.65 bits per heavy atom. The minimum atomic E-state index is -0.516. The van der Waals surface area contributed by atoms with E-state index in [9.17, 15) is 4.79 Å². The first-order chi connectivity index (χ1) is 15.1. The molecule has 5 aliphatic carbocycles. The highest BCUT2D eigenvalue weighted by molar-refractivity contribution is 5.78. The minimum absolute atomic E-state index is 0.132. The summed E-state index contributed by atoms with van der Waals surface area (Å²) in [5.41, 5.74) is 0. The van der Waals surface area contributed by atoms with Gasteiger partial charge in [-0.15, -0.1) is 0 Å². The van der Waals surface area contributed by atoms with Crippen molar-refractivity contribution in [3.8, 4) is 0 Å². The van der Waals surface area contributed by atoms with Gasteiger partial charge in [0.05, 0.1) is 25.9 Å². The lowest BCUT2D eigenvalue weighted by molar-refractivity contribution is -0.485. The van der Waals surface area contributed by atoms with Gasteiger partial charge in [-0.1, -0.05) is 0 Å². The molecular weight excluding hydrogens is 396 g/mol. The molecule has 5 saturated carbocycles. The number of carbonyl (C=O) groups is 1. The largest absolute Gasteiger partial charge is 0.379 e. The highest BCUT2D eigenvalue weighted by Gasteiger charge is 2.60. The highest BCUT2D eigenvalue weighted by Crippen LogP contribution is 2.60. The zero-order chi connectivity index (χ0) is 21.3. The zero-order valence-corrected chi connectivity index (χ0v) is 19.1. The quantitative estimate of drug-likeness (QED) is 0.358. The van der Waals surface area contributed by atoms with Gasteiger partial charge in [-0.25, -0.2) is 9.78 Å². The molecule has 1 aliphatic heterocycles. The first kappa shape index (κ1) is 22.1. The van der Waals surface area contributed by atoms with Crippen LogP contribution in [-0.4, -0.2) is 69.2 Å². The van der Waals surface area contributed by atoms with Crippen LogP contribution in [0.3, 0.4) is 0 Å². The second kappa shape index (κ2) is 9.64. The summed E-state index contributed by atoms with van der Waals surface area (Å²) in [6.07, 6.45) is 10.6. The molecule has 0 spiro atoms. The average Bonchev–Trinajstić information content (AvgIpc) is 2.79. The van der Waals surface area contributed by atoms with Crippen molar-refractivity contribution < 1.29 is 24.0 Å². The van der Waals surface area contributed by atoms with Gasteiger partial charge in [-0.05, 0) is 75.5 Å². The third-order valence-corrected chi connectivity index (χ3v) is 8.76. The Labute approximate surface area is 186 Å². The van der Waals surface area contributed by atoms with Crippen LogP contribution in [-0.2, 0) is 24.0 Å². The molecule has 31 heavy (non-hydrogen) atoms. The number of morpholine rings is 1. The summed E-state index contributed by atoms with van der Waals surface area (Å²) in [5, 5.41) is 3.13. The standard InChI is InChI=1S/C24H40N2O5/c1-28-24(20-11-18-10-19(13-20)14-21(24)12-18)31-30-22-4-2-17(3-5-22)15-25-23(27)16-26-6-8-29-9-7-26/h17-22H,2-16H2,1H3,(H,25,27). The van der Waals surface area contributed by atoms with E-state index >= 15 is 0 Å². The molecule has 1 amide bonds. The maximum absolute atomic E-state index is 12.2. The van der Waals surface area contributed by atoms with E-state index in [-0.39, 0.29) is 12.0 Å². The van der Waals surface area contributed by atoms with Crippen molar-refractivity contribution in [3.05, 3.63) is 0 Å². The van der Waals surface area contributed by atoms with Gasteiger partial charge in [0.2, 0.25) is 11.7 Å². The number of hydrogen-bond donors (Lipinski definition) is 1. The molecule has 0 atom stereocenters. The Kier molecular flexibility index (Phi) is 6.86. The summed E-state index contributed by atoms with van der Waals surface area (Å²) in [6.45, 7) is 4.41. The highest BCUT2D eigenvalue weighted by atomic mass is 17.2. The molecule has 0 unspecified atom stereocenters. The number of rotatable bonds is 8. The van der Waals surface area contributed by atoms with Crippen LogP contribution in [0.1, 0.15) is 57.8 Å². The normalized spacial score (nSPS) is 42.6. The summed E-state index contributed by atoms with van der Waals surface area (Å²) >= 11 is 0. The Balaban J connectivity index is 1.03. The van der Waals surface area contributed by atoms with Gasteiger partial charge in [-0.3, -0.25) is 9.69 Å². The Hall–Kier alpha value is -0.730. The maximum Gasteiger partial charge on any atom is 0.234 e. The maximum atomic E-state index is 12.2. The van der Waals surface area contributed by atoms with E-state index in [1.165, 1.54) is 32.1 Å². The molecule has 6 aliphatic rings. The van der Waals surface area contributed by atoms with Gasteiger partial charge >= 0.3 is 0 Å². The predicted octanol–water partition coefficient (Wildman–Crippen LogP) is 2.74. The fourth-order valence-electron chi connectivity index (χ4n) is 7.20. The topological polar surface area (TPSA) is 69.3 Å². The molecule has 0 aromatic carbocycles. The van der Waals surface area contributed by atoms with Gasteiger partial charge in [0.25, 0.3) is 0 Å². The number of methoxy groups -OCH3 is 1. The lowest BCUT2D eigenvalue weighted by Gasteiger charge is -2.58. The van der Waals surface area contributed by atoms with Crippen LogP contribution < -0.4 is 5.32 Å². The van der Waals surface area contributed by atoms with Crippen LogP contribution in [0.15, 0.2) is 0 Å². The lowest BCUT2D eigenvalue weighted by atomic mass is 9.53. The molecule has 0 radical (unpaired) electrons. The molecule has 4 bridgehead atoms. The average molecular weight is 437 g/mol. The van der Waals surface area contributed by atoms with E-state index in [0.29, 0.717) is 24.3 Å². The predicted molar refractivity (Wildman–Crippen MR) is 115 cm³/mol. The Morgan fingerprint density at radius 3 is 2.26 bits per heavy atom. The third kappa shape index (κ3) is 4.81. The summed E-state index contributed by atoms with van der Waals surface area (Å²) in [4.78, 5) is 26.6. The first-order valence-electron chi connectivity index (χ1n) is 12.6. The summed E-state index contributed by atoms with van der Waals surface area (Å²) < 4.78 is 11.4. The second-order valence-electron chi connectivity index (χ2n) is 10.7. The third-order valence-electron chi connectivity index (χ3n) is 8.76. The number of nitrogens with zero attached hydrogens (tertiary/aromatic N) is 1. The number of nitrogens with one attached hydrogen (secondary N) is 1. The summed E-state index contributed by atoms with van der Waals surface area (Å²) in [7, 11) is 1.81. The molecule has 0 aromatic rings. The monoisotopic (exact) mass is 436 g/mol. The fourth-order valence-corrected chi connectivity index (χ4v) is 7.20. The molecule has 6 rings (SSSR count). The zero-order valence-electron chi connectivity index (χ0n) is 19.1. The van der Waals surface area contributed by atoms with Crippen molar-refractivity contribution >= 4 is 5.91 Å². The number of carbonyl (C=O) groups excluding carboxylic acids is 1. The minimum Gasteiger partial charge on any atom is -0.379 e. The molecule has 1 N–H and O–H groups in total. The number of amides is 1. The molecule has 7 nitrogen and oxygen atoms in total. The van der Waals surface area contributed by atoms with Crippen molar-refractivity contribution in [2.24, 2.45) is 29.6 Å². The lowest BCUT2D eigenvalue weighted by Crippen LogP contribution is -2.60.